The smallest absolute Gasteiger partial charge is 0.246 e. The Kier molecular flexibility index (Phi) is 9.10. The number of likely N-dealkylation sites (N-methyl/N-ethyl adjacent to an activating group) is 2. The molecule has 0 radical (unpaired) electrons. The molecule has 0 bridgehead atoms. The van der Waals surface area contributed by atoms with E-state index in [2.05, 4.69) is 45.2 Å². The maximum atomic E-state index is 14.1. The molecule has 0 saturated heterocycles. The molecule has 3 aromatic rings. The number of nitrogens with one attached hydrogen (secondary N) is 4. The molecule has 1 heterocycles. The Labute approximate surface area is 236 Å². The second-order valence-corrected chi connectivity index (χ2v) is 11.1. The minimum absolute atomic E-state index is 0.0377. The fourth-order valence-electron chi connectivity index (χ4n) is 5.29. The highest BCUT2D eigenvalue weighted by atomic mass is 16.2. The topological polar surface area (TPSA) is 106 Å². The summed E-state index contributed by atoms with van der Waals surface area (Å²) in [6.45, 7) is 5.01. The molecule has 1 aromatic heterocycles. The summed E-state index contributed by atoms with van der Waals surface area (Å²) in [6.07, 6.45) is 8.42. The minimum Gasteiger partial charge on any atom is -0.361 e. The Morgan fingerprint density at radius 3 is 2.55 bits per heavy atom. The number of hydrogen-bond acceptors (Lipinski definition) is 4. The SMILES string of the molecule is CNC(C)(C)C(=O)N[C@H](Cc1c[nH]c2ccccc12)C(=O)N(C)[C@H](CC1C=CCCc2ccccc21)NC(C)=O. The predicted octanol–water partition coefficient (Wildman–Crippen LogP) is 3.79. The van der Waals surface area contributed by atoms with Gasteiger partial charge in [0.05, 0.1) is 5.54 Å². The van der Waals surface area contributed by atoms with E-state index in [0.717, 1.165) is 29.3 Å². The van der Waals surface area contributed by atoms with Crippen LogP contribution in [0.3, 0.4) is 0 Å². The molecule has 1 aliphatic carbocycles. The van der Waals surface area contributed by atoms with Crippen LogP contribution in [-0.2, 0) is 27.2 Å². The number of aromatic nitrogens is 1. The van der Waals surface area contributed by atoms with Gasteiger partial charge in [-0.3, -0.25) is 14.4 Å². The average Bonchev–Trinajstić information content (AvgIpc) is 3.24. The van der Waals surface area contributed by atoms with Gasteiger partial charge in [-0.25, -0.2) is 0 Å². The Morgan fingerprint density at radius 1 is 1.07 bits per heavy atom. The van der Waals surface area contributed by atoms with Crippen LogP contribution in [0.4, 0.5) is 0 Å². The highest BCUT2D eigenvalue weighted by Gasteiger charge is 2.34. The van der Waals surface area contributed by atoms with Crippen LogP contribution < -0.4 is 16.0 Å². The van der Waals surface area contributed by atoms with Gasteiger partial charge in [-0.2, -0.15) is 0 Å². The van der Waals surface area contributed by atoms with Crippen molar-refractivity contribution in [1.82, 2.24) is 25.8 Å². The minimum atomic E-state index is -0.872. The summed E-state index contributed by atoms with van der Waals surface area (Å²) in [6, 6.07) is 15.4. The number of aryl methyl sites for hydroxylation is 1. The second-order valence-electron chi connectivity index (χ2n) is 11.1. The van der Waals surface area contributed by atoms with E-state index in [9.17, 15) is 14.4 Å². The molecule has 1 aliphatic rings. The average molecular weight is 544 g/mol. The van der Waals surface area contributed by atoms with E-state index in [1.54, 1.807) is 32.8 Å². The van der Waals surface area contributed by atoms with Crippen molar-refractivity contribution in [3.63, 3.8) is 0 Å². The van der Waals surface area contributed by atoms with Crippen LogP contribution in [0.1, 0.15) is 56.2 Å². The molecule has 1 unspecified atom stereocenters. The lowest BCUT2D eigenvalue weighted by Crippen LogP contribution is -2.60. The molecular weight excluding hydrogens is 502 g/mol. The normalized spacial score (nSPS) is 16.5. The van der Waals surface area contributed by atoms with Gasteiger partial charge in [-0.1, -0.05) is 54.6 Å². The summed E-state index contributed by atoms with van der Waals surface area (Å²) < 4.78 is 0. The van der Waals surface area contributed by atoms with Crippen molar-refractivity contribution < 1.29 is 14.4 Å². The molecule has 212 valence electrons. The molecule has 0 saturated carbocycles. The lowest BCUT2D eigenvalue weighted by molar-refractivity contribution is -0.140. The first kappa shape index (κ1) is 29.1. The summed E-state index contributed by atoms with van der Waals surface area (Å²) >= 11 is 0. The van der Waals surface area contributed by atoms with Gasteiger partial charge in [0.25, 0.3) is 0 Å². The molecule has 3 amide bonds. The summed E-state index contributed by atoms with van der Waals surface area (Å²) in [5, 5.41) is 10.0. The molecule has 40 heavy (non-hydrogen) atoms. The fourth-order valence-corrected chi connectivity index (χ4v) is 5.29. The zero-order valence-corrected chi connectivity index (χ0v) is 24.1. The van der Waals surface area contributed by atoms with E-state index in [-0.39, 0.29) is 23.6 Å². The first-order valence-corrected chi connectivity index (χ1v) is 13.9. The number of carbonyl (C=O) groups is 3. The van der Waals surface area contributed by atoms with Gasteiger partial charge in [-0.05, 0) is 62.9 Å². The standard InChI is InChI=1S/C32H41N5O3/c1-21(38)35-29(19-23-14-7-6-12-22-13-8-9-15-25(22)23)37(5)30(39)28(36-31(40)32(2,3)33-4)18-24-20-34-27-17-11-10-16-26(24)27/h7-11,13-17,20,23,28-29,33-34H,6,12,18-19H2,1-5H3,(H,35,38)(H,36,40)/t23?,28-,29-/m1/s1. The monoisotopic (exact) mass is 543 g/mol. The molecule has 0 aliphatic heterocycles. The van der Waals surface area contributed by atoms with Gasteiger partial charge in [-0.15, -0.1) is 0 Å². The lowest BCUT2D eigenvalue weighted by atomic mass is 9.90. The number of para-hydroxylation sites is 1. The highest BCUT2D eigenvalue weighted by Crippen LogP contribution is 2.30. The Morgan fingerprint density at radius 2 is 1.80 bits per heavy atom. The van der Waals surface area contributed by atoms with E-state index in [1.165, 1.54) is 18.1 Å². The van der Waals surface area contributed by atoms with Crippen molar-refractivity contribution in [2.24, 2.45) is 0 Å². The number of benzene rings is 2. The molecule has 4 N–H and O–H groups in total. The third-order valence-corrected chi connectivity index (χ3v) is 7.96. The van der Waals surface area contributed by atoms with Gasteiger partial charge in [0.2, 0.25) is 17.7 Å². The van der Waals surface area contributed by atoms with Gasteiger partial charge < -0.3 is 25.8 Å². The van der Waals surface area contributed by atoms with Crippen LogP contribution in [0, 0.1) is 0 Å². The second kappa shape index (κ2) is 12.5. The lowest BCUT2D eigenvalue weighted by Gasteiger charge is -2.35. The number of nitrogens with zero attached hydrogens (tertiary/aromatic N) is 1. The fraction of sp³-hybridized carbons (Fsp3) is 0.406. The van der Waals surface area contributed by atoms with Gasteiger partial charge in [0.1, 0.15) is 12.2 Å². The maximum absolute atomic E-state index is 14.1. The van der Waals surface area contributed by atoms with Gasteiger partial charge >= 0.3 is 0 Å². The van der Waals surface area contributed by atoms with E-state index in [4.69, 9.17) is 0 Å². The number of rotatable bonds is 10. The van der Waals surface area contributed by atoms with E-state index < -0.39 is 17.7 Å². The molecule has 2 aromatic carbocycles. The van der Waals surface area contributed by atoms with Crippen LogP contribution in [0.5, 0.6) is 0 Å². The number of fused-ring (bicyclic) bond motifs is 2. The van der Waals surface area contributed by atoms with Crippen LogP contribution in [0.15, 0.2) is 66.9 Å². The summed E-state index contributed by atoms with van der Waals surface area (Å²) in [4.78, 5) is 44.5. The first-order chi connectivity index (χ1) is 19.1. The third-order valence-electron chi connectivity index (χ3n) is 7.96. The number of aromatic amines is 1. The van der Waals surface area contributed by atoms with Crippen LogP contribution in [0.25, 0.3) is 10.9 Å². The zero-order chi connectivity index (χ0) is 28.9. The Bertz CT molecular complexity index is 1390. The largest absolute Gasteiger partial charge is 0.361 e. The van der Waals surface area contributed by atoms with Gasteiger partial charge in [0, 0.05) is 43.4 Å². The molecule has 8 heteroatoms. The predicted molar refractivity (Wildman–Crippen MR) is 159 cm³/mol. The first-order valence-electron chi connectivity index (χ1n) is 13.9. The van der Waals surface area contributed by atoms with E-state index in [1.807, 2.05) is 42.6 Å². The number of allylic oxidation sites excluding steroid dienone is 2. The van der Waals surface area contributed by atoms with Crippen molar-refractivity contribution in [3.8, 4) is 0 Å². The zero-order valence-electron chi connectivity index (χ0n) is 24.1. The molecular formula is C32H41N5O3. The number of carbonyl (C=O) groups excluding carboxylic acids is 3. The van der Waals surface area contributed by atoms with Gasteiger partial charge in [0.15, 0.2) is 0 Å². The van der Waals surface area contributed by atoms with Crippen molar-refractivity contribution in [2.45, 2.75) is 70.1 Å². The molecule has 4 rings (SSSR count). The van der Waals surface area contributed by atoms with Crippen molar-refractivity contribution >= 4 is 28.6 Å². The highest BCUT2D eigenvalue weighted by molar-refractivity contribution is 5.93. The van der Waals surface area contributed by atoms with Crippen molar-refractivity contribution in [1.29, 1.82) is 0 Å². The maximum Gasteiger partial charge on any atom is 0.246 e. The number of amides is 3. The summed E-state index contributed by atoms with van der Waals surface area (Å²) in [5.74, 6) is -0.729. The Hall–Kier alpha value is -3.91. The van der Waals surface area contributed by atoms with E-state index in [0.29, 0.717) is 12.8 Å². The summed E-state index contributed by atoms with van der Waals surface area (Å²) in [7, 11) is 3.42. The number of hydrogen-bond donors (Lipinski definition) is 4. The van der Waals surface area contributed by atoms with Crippen molar-refractivity contribution in [2.75, 3.05) is 14.1 Å². The van der Waals surface area contributed by atoms with Crippen LogP contribution in [-0.4, -0.2) is 59.4 Å². The van der Waals surface area contributed by atoms with Crippen molar-refractivity contribution in [3.05, 3.63) is 83.6 Å². The quantitative estimate of drug-likeness (QED) is 0.231. The molecule has 0 spiro atoms. The molecule has 8 nitrogen and oxygen atoms in total. The third kappa shape index (κ3) is 6.62. The number of H-pyrrole nitrogens is 1. The van der Waals surface area contributed by atoms with Crippen LogP contribution >= 0.6 is 0 Å². The van der Waals surface area contributed by atoms with Crippen LogP contribution in [0.2, 0.25) is 0 Å². The van der Waals surface area contributed by atoms with E-state index >= 15 is 0 Å². The molecule has 3 atom stereocenters. The summed E-state index contributed by atoms with van der Waals surface area (Å²) in [5.41, 5.74) is 3.53. The molecule has 0 fully saturated rings. The Balaban J connectivity index is 1.63.